The van der Waals surface area contributed by atoms with Gasteiger partial charge < -0.3 is 9.47 Å². The molecule has 0 aromatic carbocycles. The van der Waals surface area contributed by atoms with Crippen LogP contribution in [-0.4, -0.2) is 40.7 Å². The van der Waals surface area contributed by atoms with Crippen LogP contribution >= 0.6 is 0 Å². The maximum atomic E-state index is 14.5. The van der Waals surface area contributed by atoms with Crippen molar-refractivity contribution in [3.63, 3.8) is 0 Å². The van der Waals surface area contributed by atoms with Crippen molar-refractivity contribution in [3.05, 3.63) is 46.7 Å². The van der Waals surface area contributed by atoms with Gasteiger partial charge in [-0.05, 0) is 33.3 Å². The third-order valence-electron chi connectivity index (χ3n) is 5.13. The SMILES string of the molecule is Cc1cc(O[C@@H]2CCN(C(C)c3nc4c(cc3F)CCO4)C2)cc(C)n1. The quantitative estimate of drug-likeness (QED) is 0.839. The van der Waals surface area contributed by atoms with Gasteiger partial charge >= 0.3 is 0 Å². The van der Waals surface area contributed by atoms with Crippen LogP contribution in [0.3, 0.4) is 0 Å². The van der Waals surface area contributed by atoms with Crippen LogP contribution < -0.4 is 9.47 Å². The van der Waals surface area contributed by atoms with Crippen LogP contribution in [0.1, 0.15) is 42.0 Å². The molecule has 2 aromatic heterocycles. The van der Waals surface area contributed by atoms with Gasteiger partial charge in [0.25, 0.3) is 0 Å². The maximum absolute atomic E-state index is 14.5. The Balaban J connectivity index is 1.45. The van der Waals surface area contributed by atoms with E-state index in [9.17, 15) is 4.39 Å². The second-order valence-corrected chi connectivity index (χ2v) is 7.20. The van der Waals surface area contributed by atoms with E-state index >= 15 is 0 Å². The lowest BCUT2D eigenvalue weighted by molar-refractivity contribution is 0.179. The lowest BCUT2D eigenvalue weighted by Crippen LogP contribution is -2.28. The van der Waals surface area contributed by atoms with E-state index in [0.717, 1.165) is 48.6 Å². The average molecular weight is 357 g/mol. The van der Waals surface area contributed by atoms with Crippen molar-refractivity contribution in [1.29, 1.82) is 0 Å². The van der Waals surface area contributed by atoms with Crippen molar-refractivity contribution in [3.8, 4) is 11.6 Å². The number of fused-ring (bicyclic) bond motifs is 1. The molecule has 0 bridgehead atoms. The third kappa shape index (κ3) is 3.38. The molecule has 0 aliphatic carbocycles. The molecule has 4 heterocycles. The topological polar surface area (TPSA) is 47.5 Å². The molecule has 138 valence electrons. The van der Waals surface area contributed by atoms with E-state index in [1.165, 1.54) is 0 Å². The highest BCUT2D eigenvalue weighted by Gasteiger charge is 2.31. The summed E-state index contributed by atoms with van der Waals surface area (Å²) in [6, 6.07) is 5.38. The zero-order valence-corrected chi connectivity index (χ0v) is 15.5. The van der Waals surface area contributed by atoms with Gasteiger partial charge in [0.1, 0.15) is 17.7 Å². The summed E-state index contributed by atoms with van der Waals surface area (Å²) in [5.74, 6) is 1.19. The number of pyridine rings is 2. The van der Waals surface area contributed by atoms with Crippen LogP contribution in [0.25, 0.3) is 0 Å². The van der Waals surface area contributed by atoms with Crippen LogP contribution in [0, 0.1) is 19.7 Å². The standard InChI is InChI=1S/C20H24FN3O2/c1-12-8-17(9-13(2)22-12)26-16-4-6-24(11-16)14(3)19-18(21)10-15-5-7-25-20(15)23-19/h8-10,14,16H,4-7,11H2,1-3H3/t14?,16-/m1/s1. The largest absolute Gasteiger partial charge is 0.489 e. The molecule has 2 aliphatic rings. The van der Waals surface area contributed by atoms with Gasteiger partial charge in [0.05, 0.1) is 18.3 Å². The highest BCUT2D eigenvalue weighted by molar-refractivity contribution is 5.33. The Morgan fingerprint density at radius 2 is 2.00 bits per heavy atom. The third-order valence-corrected chi connectivity index (χ3v) is 5.13. The van der Waals surface area contributed by atoms with E-state index in [-0.39, 0.29) is 18.0 Å². The summed E-state index contributed by atoms with van der Waals surface area (Å²) < 4.78 is 26.1. The number of aromatic nitrogens is 2. The number of aryl methyl sites for hydroxylation is 2. The number of hydrogen-bond acceptors (Lipinski definition) is 5. The summed E-state index contributed by atoms with van der Waals surface area (Å²) in [7, 11) is 0. The second kappa shape index (κ2) is 6.83. The van der Waals surface area contributed by atoms with Gasteiger partial charge in [-0.1, -0.05) is 0 Å². The minimum absolute atomic E-state index is 0.0902. The molecule has 1 fully saturated rings. The Bertz CT molecular complexity index is 807. The molecule has 26 heavy (non-hydrogen) atoms. The minimum Gasteiger partial charge on any atom is -0.489 e. The summed E-state index contributed by atoms with van der Waals surface area (Å²) in [5, 5.41) is 0. The fraction of sp³-hybridized carbons (Fsp3) is 0.500. The monoisotopic (exact) mass is 357 g/mol. The van der Waals surface area contributed by atoms with Crippen molar-refractivity contribution in [2.24, 2.45) is 0 Å². The summed E-state index contributed by atoms with van der Waals surface area (Å²) >= 11 is 0. The number of ether oxygens (including phenoxy) is 2. The summed E-state index contributed by atoms with van der Waals surface area (Å²) in [6.07, 6.45) is 1.74. The number of nitrogens with zero attached hydrogens (tertiary/aromatic N) is 3. The Kier molecular flexibility index (Phi) is 4.53. The molecule has 0 saturated carbocycles. The van der Waals surface area contributed by atoms with Crippen molar-refractivity contribution in [1.82, 2.24) is 14.9 Å². The molecule has 6 heteroatoms. The van der Waals surface area contributed by atoms with Gasteiger partial charge in [0, 0.05) is 48.6 Å². The Hall–Kier alpha value is -2.21. The molecule has 2 atom stereocenters. The normalized spacial score (nSPS) is 20.7. The maximum Gasteiger partial charge on any atom is 0.217 e. The van der Waals surface area contributed by atoms with Crippen molar-refractivity contribution in [2.75, 3.05) is 19.7 Å². The van der Waals surface area contributed by atoms with Gasteiger partial charge in [0.2, 0.25) is 5.88 Å². The minimum atomic E-state index is -0.244. The number of rotatable bonds is 4. The van der Waals surface area contributed by atoms with Crippen molar-refractivity contribution >= 4 is 0 Å². The van der Waals surface area contributed by atoms with Crippen molar-refractivity contribution in [2.45, 2.75) is 45.8 Å². The smallest absolute Gasteiger partial charge is 0.217 e. The first-order valence-electron chi connectivity index (χ1n) is 9.17. The predicted octanol–water partition coefficient (Wildman–Crippen LogP) is 3.38. The van der Waals surface area contributed by atoms with Gasteiger partial charge in [-0.3, -0.25) is 9.88 Å². The predicted molar refractivity (Wildman–Crippen MR) is 96.1 cm³/mol. The summed E-state index contributed by atoms with van der Waals surface area (Å²) in [4.78, 5) is 11.0. The first-order chi connectivity index (χ1) is 12.5. The number of halogens is 1. The highest BCUT2D eigenvalue weighted by Crippen LogP contribution is 2.31. The average Bonchev–Trinajstić information content (AvgIpc) is 3.21. The summed E-state index contributed by atoms with van der Waals surface area (Å²) in [6.45, 7) is 8.12. The zero-order valence-electron chi connectivity index (χ0n) is 15.5. The van der Waals surface area contributed by atoms with Crippen LogP contribution in [0.5, 0.6) is 11.6 Å². The summed E-state index contributed by atoms with van der Waals surface area (Å²) in [5.41, 5.74) is 3.23. The lowest BCUT2D eigenvalue weighted by Gasteiger charge is -2.24. The fourth-order valence-electron chi connectivity index (χ4n) is 3.81. The molecule has 0 radical (unpaired) electrons. The fourth-order valence-corrected chi connectivity index (χ4v) is 3.81. The molecule has 0 amide bonds. The molecule has 1 unspecified atom stereocenters. The second-order valence-electron chi connectivity index (χ2n) is 7.20. The van der Waals surface area contributed by atoms with Gasteiger partial charge in [-0.15, -0.1) is 0 Å². The lowest BCUT2D eigenvalue weighted by atomic mass is 10.1. The highest BCUT2D eigenvalue weighted by atomic mass is 19.1. The van der Waals surface area contributed by atoms with Gasteiger partial charge in [0.15, 0.2) is 0 Å². The van der Waals surface area contributed by atoms with Gasteiger partial charge in [-0.2, -0.15) is 0 Å². The Morgan fingerprint density at radius 1 is 1.23 bits per heavy atom. The van der Waals surface area contributed by atoms with E-state index in [0.29, 0.717) is 18.2 Å². The van der Waals surface area contributed by atoms with Crippen molar-refractivity contribution < 1.29 is 13.9 Å². The number of likely N-dealkylation sites (tertiary alicyclic amines) is 1. The van der Waals surface area contributed by atoms with E-state index < -0.39 is 0 Å². The molecule has 2 aliphatic heterocycles. The molecular formula is C20H24FN3O2. The van der Waals surface area contributed by atoms with E-state index in [2.05, 4.69) is 14.9 Å². The van der Waals surface area contributed by atoms with Crippen LogP contribution in [0.4, 0.5) is 4.39 Å². The van der Waals surface area contributed by atoms with Crippen LogP contribution in [-0.2, 0) is 6.42 Å². The van der Waals surface area contributed by atoms with E-state index in [1.54, 1.807) is 6.07 Å². The van der Waals surface area contributed by atoms with Gasteiger partial charge in [-0.25, -0.2) is 9.37 Å². The van der Waals surface area contributed by atoms with E-state index in [4.69, 9.17) is 9.47 Å². The molecule has 2 aromatic rings. The molecule has 0 N–H and O–H groups in total. The Morgan fingerprint density at radius 3 is 2.77 bits per heavy atom. The van der Waals surface area contributed by atoms with E-state index in [1.807, 2.05) is 32.9 Å². The number of hydrogen-bond donors (Lipinski definition) is 0. The molecular weight excluding hydrogens is 333 g/mol. The molecule has 1 saturated heterocycles. The molecule has 5 nitrogen and oxygen atoms in total. The first kappa shape index (κ1) is 17.2. The Labute approximate surface area is 153 Å². The zero-order chi connectivity index (χ0) is 18.3. The first-order valence-corrected chi connectivity index (χ1v) is 9.17. The van der Waals surface area contributed by atoms with Crippen LogP contribution in [0.15, 0.2) is 18.2 Å². The molecule has 4 rings (SSSR count). The molecule has 0 spiro atoms. The van der Waals surface area contributed by atoms with Crippen LogP contribution in [0.2, 0.25) is 0 Å².